The third-order valence-electron chi connectivity index (χ3n) is 2.53. The summed E-state index contributed by atoms with van der Waals surface area (Å²) in [6.07, 6.45) is 6.12. The fourth-order valence-corrected chi connectivity index (χ4v) is 2.26. The van der Waals surface area contributed by atoms with Crippen molar-refractivity contribution in [1.29, 1.82) is 0 Å². The van der Waals surface area contributed by atoms with Crippen LogP contribution in [0.3, 0.4) is 0 Å². The predicted molar refractivity (Wildman–Crippen MR) is 68.3 cm³/mol. The third-order valence-corrected chi connectivity index (χ3v) is 3.14. The highest BCUT2D eigenvalue weighted by molar-refractivity contribution is 9.10. The number of aryl methyl sites for hydroxylation is 1. The van der Waals surface area contributed by atoms with Gasteiger partial charge < -0.3 is 5.73 Å². The second-order valence-corrected chi connectivity index (χ2v) is 4.61. The fraction of sp³-hybridized carbons (Fsp3) is 0.364. The van der Waals surface area contributed by atoms with Crippen LogP contribution in [0, 0.1) is 0 Å². The molecule has 0 fully saturated rings. The van der Waals surface area contributed by atoms with Crippen LogP contribution >= 0.6 is 15.9 Å². The van der Waals surface area contributed by atoms with Gasteiger partial charge in [-0.25, -0.2) is 0 Å². The molecule has 0 aliphatic rings. The lowest BCUT2D eigenvalue weighted by Gasteiger charge is -2.14. The number of hydrogen-bond acceptors (Lipinski definition) is 4. The predicted octanol–water partition coefficient (Wildman–Crippen LogP) is 1.89. The van der Waals surface area contributed by atoms with Gasteiger partial charge in [-0.15, -0.1) is 0 Å². The van der Waals surface area contributed by atoms with E-state index in [1.807, 2.05) is 10.7 Å². The molecule has 90 valence electrons. The van der Waals surface area contributed by atoms with Crippen LogP contribution in [-0.4, -0.2) is 20.0 Å². The second kappa shape index (κ2) is 5.37. The molecule has 0 amide bonds. The molecule has 5 nitrogen and oxygen atoms in total. The van der Waals surface area contributed by atoms with Crippen LogP contribution in [0.25, 0.3) is 0 Å². The summed E-state index contributed by atoms with van der Waals surface area (Å²) >= 11 is 3.49. The largest absolute Gasteiger partial charge is 0.319 e. The Morgan fingerprint density at radius 2 is 2.24 bits per heavy atom. The van der Waals surface area contributed by atoms with Gasteiger partial charge in [0.1, 0.15) is 0 Å². The van der Waals surface area contributed by atoms with Crippen molar-refractivity contribution >= 4 is 15.9 Å². The molecule has 6 heteroatoms. The van der Waals surface area contributed by atoms with Gasteiger partial charge in [-0.3, -0.25) is 4.68 Å². The van der Waals surface area contributed by atoms with E-state index in [9.17, 15) is 0 Å². The van der Waals surface area contributed by atoms with E-state index in [0.717, 1.165) is 28.7 Å². The minimum atomic E-state index is -0.242. The molecule has 0 radical (unpaired) electrons. The van der Waals surface area contributed by atoms with E-state index < -0.39 is 0 Å². The number of nitrogens with zero attached hydrogens (tertiary/aromatic N) is 4. The van der Waals surface area contributed by atoms with Gasteiger partial charge in [-0.2, -0.15) is 15.3 Å². The van der Waals surface area contributed by atoms with Gasteiger partial charge in [0, 0.05) is 12.7 Å². The van der Waals surface area contributed by atoms with Gasteiger partial charge in [0.2, 0.25) is 0 Å². The zero-order valence-electron chi connectivity index (χ0n) is 9.55. The van der Waals surface area contributed by atoms with Gasteiger partial charge in [0.25, 0.3) is 0 Å². The van der Waals surface area contributed by atoms with Crippen molar-refractivity contribution in [3.05, 3.63) is 40.4 Å². The summed E-state index contributed by atoms with van der Waals surface area (Å²) < 4.78 is 2.85. The zero-order valence-corrected chi connectivity index (χ0v) is 11.1. The first-order chi connectivity index (χ1) is 8.24. The van der Waals surface area contributed by atoms with Crippen LogP contribution in [0.5, 0.6) is 0 Å². The second-order valence-electron chi connectivity index (χ2n) is 3.75. The van der Waals surface area contributed by atoms with Crippen LogP contribution in [-0.2, 0) is 6.54 Å². The Hall–Kier alpha value is -1.27. The van der Waals surface area contributed by atoms with Crippen LogP contribution in [0.15, 0.2) is 29.1 Å². The maximum Gasteiger partial charge on any atom is 0.0751 e. The lowest BCUT2D eigenvalue weighted by molar-refractivity contribution is 0.558. The average molecular weight is 296 g/mol. The summed E-state index contributed by atoms with van der Waals surface area (Å²) in [5.41, 5.74) is 8.14. The Kier molecular flexibility index (Phi) is 3.86. The van der Waals surface area contributed by atoms with Crippen LogP contribution in [0.4, 0.5) is 0 Å². The highest BCUT2D eigenvalue weighted by Gasteiger charge is 2.18. The molecule has 2 N–H and O–H groups in total. The molecule has 0 aromatic carbocycles. The quantitative estimate of drug-likeness (QED) is 0.935. The van der Waals surface area contributed by atoms with Gasteiger partial charge in [0.15, 0.2) is 0 Å². The summed E-state index contributed by atoms with van der Waals surface area (Å²) in [5.74, 6) is 0. The Bertz CT molecular complexity index is 482. The van der Waals surface area contributed by atoms with Crippen molar-refractivity contribution in [2.45, 2.75) is 25.9 Å². The normalized spacial score (nSPS) is 12.6. The van der Waals surface area contributed by atoms with E-state index in [0.29, 0.717) is 0 Å². The Labute approximate surface area is 108 Å². The monoisotopic (exact) mass is 295 g/mol. The average Bonchev–Trinajstić information content (AvgIpc) is 2.71. The molecule has 2 aromatic heterocycles. The molecule has 2 aromatic rings. The van der Waals surface area contributed by atoms with E-state index in [4.69, 9.17) is 5.73 Å². The molecule has 0 saturated heterocycles. The molecule has 0 aliphatic heterocycles. The zero-order chi connectivity index (χ0) is 12.3. The highest BCUT2D eigenvalue weighted by Crippen LogP contribution is 2.26. The third kappa shape index (κ3) is 2.53. The minimum absolute atomic E-state index is 0.242. The van der Waals surface area contributed by atoms with Crippen molar-refractivity contribution in [1.82, 2.24) is 20.0 Å². The van der Waals surface area contributed by atoms with Crippen molar-refractivity contribution in [2.75, 3.05) is 0 Å². The maximum absolute atomic E-state index is 6.23. The van der Waals surface area contributed by atoms with E-state index in [2.05, 4.69) is 38.1 Å². The van der Waals surface area contributed by atoms with Gasteiger partial charge >= 0.3 is 0 Å². The Morgan fingerprint density at radius 1 is 1.41 bits per heavy atom. The van der Waals surface area contributed by atoms with E-state index >= 15 is 0 Å². The molecule has 17 heavy (non-hydrogen) atoms. The van der Waals surface area contributed by atoms with Crippen molar-refractivity contribution < 1.29 is 0 Å². The minimum Gasteiger partial charge on any atom is -0.319 e. The highest BCUT2D eigenvalue weighted by atomic mass is 79.9. The topological polar surface area (TPSA) is 69.6 Å². The van der Waals surface area contributed by atoms with Gasteiger partial charge in [-0.05, 0) is 34.0 Å². The summed E-state index contributed by atoms with van der Waals surface area (Å²) in [7, 11) is 0. The maximum atomic E-state index is 6.23. The van der Waals surface area contributed by atoms with Crippen molar-refractivity contribution in [3.8, 4) is 0 Å². The lowest BCUT2D eigenvalue weighted by Crippen LogP contribution is -2.18. The Morgan fingerprint density at radius 3 is 2.88 bits per heavy atom. The molecule has 0 spiro atoms. The first-order valence-corrected chi connectivity index (χ1v) is 6.26. The molecule has 2 heterocycles. The lowest BCUT2D eigenvalue weighted by atomic mass is 10.1. The summed E-state index contributed by atoms with van der Waals surface area (Å²) in [6, 6.07) is 1.63. The molecule has 0 saturated carbocycles. The first kappa shape index (κ1) is 12.2. The summed E-state index contributed by atoms with van der Waals surface area (Å²) in [5, 5.41) is 11.9. The number of hydrogen-bond donors (Lipinski definition) is 1. The molecule has 0 bridgehead atoms. The van der Waals surface area contributed by atoms with Crippen LogP contribution < -0.4 is 5.73 Å². The van der Waals surface area contributed by atoms with Gasteiger partial charge in [-0.1, -0.05) is 6.92 Å². The first-order valence-electron chi connectivity index (χ1n) is 5.47. The van der Waals surface area contributed by atoms with E-state index in [1.54, 1.807) is 18.6 Å². The smallest absolute Gasteiger partial charge is 0.0751 e. The van der Waals surface area contributed by atoms with Crippen molar-refractivity contribution in [2.24, 2.45) is 5.73 Å². The number of rotatable bonds is 4. The summed E-state index contributed by atoms with van der Waals surface area (Å²) in [6.45, 7) is 2.96. The number of nitrogens with two attached hydrogens (primary N) is 1. The van der Waals surface area contributed by atoms with Crippen molar-refractivity contribution in [3.63, 3.8) is 0 Å². The van der Waals surface area contributed by atoms with Gasteiger partial charge in [0.05, 0.1) is 28.6 Å². The molecule has 0 aliphatic carbocycles. The standard InChI is InChI=1S/C11H14BrN5/c1-2-5-17-11(9(12)7-16-17)10(13)8-3-4-14-15-6-8/h3-4,6-7,10H,2,5,13H2,1H3. The van der Waals surface area contributed by atoms with E-state index in [1.165, 1.54) is 0 Å². The van der Waals surface area contributed by atoms with Crippen LogP contribution in [0.1, 0.15) is 30.6 Å². The molecule has 1 unspecified atom stereocenters. The Balaban J connectivity index is 2.36. The molecule has 2 rings (SSSR count). The molecule has 1 atom stereocenters. The number of aromatic nitrogens is 4. The molecular weight excluding hydrogens is 282 g/mol. The summed E-state index contributed by atoms with van der Waals surface area (Å²) in [4.78, 5) is 0. The fourth-order valence-electron chi connectivity index (χ4n) is 1.71. The SMILES string of the molecule is CCCn1ncc(Br)c1C(N)c1ccnnc1. The number of halogens is 1. The van der Waals surface area contributed by atoms with E-state index in [-0.39, 0.29) is 6.04 Å². The molecular formula is C11H14BrN5. The van der Waals surface area contributed by atoms with Crippen LogP contribution in [0.2, 0.25) is 0 Å².